The van der Waals surface area contributed by atoms with E-state index >= 15 is 0 Å². The van der Waals surface area contributed by atoms with Crippen molar-refractivity contribution < 1.29 is 9.53 Å². The number of imidazole rings is 1. The number of ether oxygens (including phenoxy) is 1. The number of carbonyl (C=O) groups is 1. The van der Waals surface area contributed by atoms with Crippen molar-refractivity contribution in [2.24, 2.45) is 7.05 Å². The number of hydrogen-bond donors (Lipinski definition) is 1. The van der Waals surface area contributed by atoms with Crippen LogP contribution in [-0.4, -0.2) is 28.8 Å². The van der Waals surface area contributed by atoms with Crippen molar-refractivity contribution in [1.82, 2.24) is 14.9 Å². The van der Waals surface area contributed by atoms with Crippen LogP contribution in [0.1, 0.15) is 29.2 Å². The predicted molar refractivity (Wildman–Crippen MR) is 108 cm³/mol. The summed E-state index contributed by atoms with van der Waals surface area (Å²) < 4.78 is 7.35. The third-order valence-corrected chi connectivity index (χ3v) is 4.90. The molecule has 140 valence electrons. The minimum atomic E-state index is -0.413. The Morgan fingerprint density at radius 1 is 1.14 bits per heavy atom. The highest BCUT2D eigenvalue weighted by molar-refractivity contribution is 5.79. The number of alkyl carbamates (subject to hydrolysis) is 1. The average Bonchev–Trinajstić information content (AvgIpc) is 3.27. The molecule has 0 aliphatic heterocycles. The van der Waals surface area contributed by atoms with Crippen molar-refractivity contribution in [3.8, 4) is 23.0 Å². The van der Waals surface area contributed by atoms with Crippen LogP contribution in [0.25, 0.3) is 11.1 Å². The van der Waals surface area contributed by atoms with E-state index in [0.29, 0.717) is 19.6 Å². The smallest absolute Gasteiger partial charge is 0.407 e. The molecule has 4 rings (SSSR count). The molecule has 0 saturated heterocycles. The first-order valence-corrected chi connectivity index (χ1v) is 9.28. The fourth-order valence-electron chi connectivity index (χ4n) is 3.51. The molecule has 0 atom stereocenters. The van der Waals surface area contributed by atoms with Crippen LogP contribution in [0.5, 0.6) is 0 Å². The highest BCUT2D eigenvalue weighted by atomic mass is 16.5. The Labute approximate surface area is 164 Å². The molecular weight excluding hydrogens is 350 g/mol. The summed E-state index contributed by atoms with van der Waals surface area (Å²) in [6.45, 7) is 0.766. The number of aryl methyl sites for hydroxylation is 1. The molecule has 28 heavy (non-hydrogen) atoms. The van der Waals surface area contributed by atoms with Crippen LogP contribution in [0, 0.1) is 11.8 Å². The number of nitrogens with zero attached hydrogens (tertiary/aromatic N) is 2. The monoisotopic (exact) mass is 371 g/mol. The lowest BCUT2D eigenvalue weighted by Crippen LogP contribution is -2.26. The lowest BCUT2D eigenvalue weighted by Gasteiger charge is -2.14. The van der Waals surface area contributed by atoms with Gasteiger partial charge in [0.15, 0.2) is 0 Å². The summed E-state index contributed by atoms with van der Waals surface area (Å²) in [6, 6.07) is 16.6. The second-order valence-corrected chi connectivity index (χ2v) is 6.69. The van der Waals surface area contributed by atoms with Crippen LogP contribution >= 0.6 is 0 Å². The van der Waals surface area contributed by atoms with Gasteiger partial charge in [0.25, 0.3) is 0 Å². The minimum absolute atomic E-state index is 0.0720. The van der Waals surface area contributed by atoms with E-state index < -0.39 is 6.09 Å². The molecule has 5 heteroatoms. The zero-order valence-electron chi connectivity index (χ0n) is 15.7. The third-order valence-electron chi connectivity index (χ3n) is 4.90. The van der Waals surface area contributed by atoms with E-state index in [2.05, 4.69) is 46.4 Å². The van der Waals surface area contributed by atoms with Gasteiger partial charge in [0.2, 0.25) is 0 Å². The normalized spacial score (nSPS) is 11.9. The van der Waals surface area contributed by atoms with Crippen LogP contribution < -0.4 is 5.32 Å². The van der Waals surface area contributed by atoms with Crippen molar-refractivity contribution in [1.29, 1.82) is 0 Å². The first kappa shape index (κ1) is 17.9. The summed E-state index contributed by atoms with van der Waals surface area (Å²) in [5.41, 5.74) is 5.70. The fourth-order valence-corrected chi connectivity index (χ4v) is 3.51. The first-order chi connectivity index (χ1) is 13.7. The zero-order chi connectivity index (χ0) is 19.3. The third kappa shape index (κ3) is 3.63. The second kappa shape index (κ2) is 8.01. The predicted octanol–water partition coefficient (Wildman–Crippen LogP) is 3.70. The van der Waals surface area contributed by atoms with Gasteiger partial charge in [-0.3, -0.25) is 0 Å². The summed E-state index contributed by atoms with van der Waals surface area (Å²) in [5, 5.41) is 2.76. The summed E-state index contributed by atoms with van der Waals surface area (Å²) in [5.74, 6) is 6.12. The van der Waals surface area contributed by atoms with E-state index in [1.165, 1.54) is 22.3 Å². The highest BCUT2D eigenvalue weighted by Crippen LogP contribution is 2.44. The highest BCUT2D eigenvalue weighted by Gasteiger charge is 2.28. The maximum absolute atomic E-state index is 12.1. The Morgan fingerprint density at radius 2 is 1.82 bits per heavy atom. The van der Waals surface area contributed by atoms with Gasteiger partial charge in [0, 0.05) is 25.9 Å². The number of carbonyl (C=O) groups excluding carboxylic acids is 1. The topological polar surface area (TPSA) is 56.2 Å². The number of rotatable bonds is 4. The molecule has 0 fully saturated rings. The molecule has 1 aromatic heterocycles. The molecule has 0 spiro atoms. The molecule has 0 bridgehead atoms. The maximum Gasteiger partial charge on any atom is 0.407 e. The molecule has 0 radical (unpaired) electrons. The van der Waals surface area contributed by atoms with Gasteiger partial charge >= 0.3 is 6.09 Å². The largest absolute Gasteiger partial charge is 0.449 e. The van der Waals surface area contributed by atoms with E-state index in [-0.39, 0.29) is 5.92 Å². The Morgan fingerprint density at radius 3 is 2.46 bits per heavy atom. The van der Waals surface area contributed by atoms with Crippen LogP contribution in [0.3, 0.4) is 0 Å². The molecule has 1 aliphatic carbocycles. The molecular formula is C23H21N3O2. The Kier molecular flexibility index (Phi) is 5.11. The maximum atomic E-state index is 12.1. The standard InChI is InChI=1S/C23H21N3O2/c1-26-16-24-14-17(26)8-6-7-13-25-23(27)28-15-22-20-11-4-2-9-18(20)19-10-3-5-12-21(19)22/h2-5,9-12,14,16,22H,7,13,15H2,1H3,(H,25,27). The molecule has 1 aliphatic rings. The Balaban J connectivity index is 1.31. The number of aromatic nitrogens is 2. The summed E-state index contributed by atoms with van der Waals surface area (Å²) >= 11 is 0. The SMILES string of the molecule is Cn1cncc1C#CCCNC(=O)OCC1c2ccccc2-c2ccccc21. The first-order valence-electron chi connectivity index (χ1n) is 9.28. The van der Waals surface area contributed by atoms with Gasteiger partial charge in [0.1, 0.15) is 12.3 Å². The Hall–Kier alpha value is -3.52. The second-order valence-electron chi connectivity index (χ2n) is 6.69. The van der Waals surface area contributed by atoms with Crippen molar-refractivity contribution in [2.45, 2.75) is 12.3 Å². The number of hydrogen-bond acceptors (Lipinski definition) is 3. The molecule has 1 amide bonds. The molecule has 1 N–H and O–H groups in total. The van der Waals surface area contributed by atoms with Crippen LogP contribution in [0.2, 0.25) is 0 Å². The lowest BCUT2D eigenvalue weighted by atomic mass is 9.98. The van der Waals surface area contributed by atoms with Gasteiger partial charge in [-0.2, -0.15) is 0 Å². The van der Waals surface area contributed by atoms with Crippen LogP contribution in [0.15, 0.2) is 61.1 Å². The fraction of sp³-hybridized carbons (Fsp3) is 0.217. The van der Waals surface area contributed by atoms with E-state index in [1.54, 1.807) is 12.5 Å². The molecule has 0 unspecified atom stereocenters. The number of amides is 1. The zero-order valence-corrected chi connectivity index (χ0v) is 15.7. The number of fused-ring (bicyclic) bond motifs is 3. The van der Waals surface area contributed by atoms with E-state index in [4.69, 9.17) is 4.74 Å². The van der Waals surface area contributed by atoms with E-state index in [0.717, 1.165) is 5.69 Å². The van der Waals surface area contributed by atoms with Gasteiger partial charge < -0.3 is 14.6 Å². The van der Waals surface area contributed by atoms with Gasteiger partial charge in [-0.1, -0.05) is 54.5 Å². The van der Waals surface area contributed by atoms with Gasteiger partial charge in [-0.05, 0) is 28.2 Å². The quantitative estimate of drug-likeness (QED) is 0.562. The van der Waals surface area contributed by atoms with Gasteiger partial charge in [-0.15, -0.1) is 0 Å². The van der Waals surface area contributed by atoms with Gasteiger partial charge in [-0.25, -0.2) is 9.78 Å². The number of nitrogens with one attached hydrogen (secondary N) is 1. The molecule has 3 aromatic rings. The Bertz CT molecular complexity index is 1010. The molecule has 1 heterocycles. The number of benzene rings is 2. The summed E-state index contributed by atoms with van der Waals surface area (Å²) in [6.07, 6.45) is 3.56. The van der Waals surface area contributed by atoms with E-state index in [9.17, 15) is 4.79 Å². The summed E-state index contributed by atoms with van der Waals surface area (Å²) in [4.78, 5) is 16.1. The van der Waals surface area contributed by atoms with E-state index in [1.807, 2.05) is 35.9 Å². The van der Waals surface area contributed by atoms with Crippen molar-refractivity contribution in [3.63, 3.8) is 0 Å². The van der Waals surface area contributed by atoms with Crippen molar-refractivity contribution in [2.75, 3.05) is 13.2 Å². The molecule has 2 aromatic carbocycles. The van der Waals surface area contributed by atoms with Crippen LogP contribution in [-0.2, 0) is 11.8 Å². The van der Waals surface area contributed by atoms with Gasteiger partial charge in [0.05, 0.1) is 12.5 Å². The lowest BCUT2D eigenvalue weighted by molar-refractivity contribution is 0.143. The summed E-state index contributed by atoms with van der Waals surface area (Å²) in [7, 11) is 1.89. The molecule has 5 nitrogen and oxygen atoms in total. The minimum Gasteiger partial charge on any atom is -0.449 e. The average molecular weight is 371 g/mol. The molecule has 0 saturated carbocycles. The van der Waals surface area contributed by atoms with Crippen molar-refractivity contribution in [3.05, 3.63) is 77.9 Å². The van der Waals surface area contributed by atoms with Crippen LogP contribution in [0.4, 0.5) is 4.79 Å². The van der Waals surface area contributed by atoms with Crippen molar-refractivity contribution >= 4 is 6.09 Å².